The second kappa shape index (κ2) is 35.3. The van der Waals surface area contributed by atoms with Crippen molar-refractivity contribution in [3.63, 3.8) is 0 Å². The molecular weight excluding hydrogens is 1530 g/mol. The SMILES string of the molecule is C#Cc1c(N2CCN(C(=O)C=C)CC2)c2cc(Cl)c(Cl)nc2n(-c2c(C(C)C)ncnc2C(C)C)c1=O.C#Cc1c(N2CCN(C(=O)C=C)CC2)c2cc(Cl)c(Cl)nc2n(-c2cccnc2C(C)C)c1=O.C#Cc1c(N2CCN(C(=O)C=C)CC2)c2cc(F)c(-c3ccccc3C)nc2n(-c2c(C(C)C)ccnc2C(C)C)c1=O. The lowest BCUT2D eigenvalue weighted by Crippen LogP contribution is -2.49. The van der Waals surface area contributed by atoms with E-state index in [1.807, 2.05) is 113 Å². The number of carbonyl (C=O) groups is 3. The van der Waals surface area contributed by atoms with E-state index < -0.39 is 22.5 Å². The molecule has 586 valence electrons. The van der Waals surface area contributed by atoms with Crippen molar-refractivity contribution in [2.24, 2.45) is 0 Å². The number of halogens is 5. The van der Waals surface area contributed by atoms with Crippen molar-refractivity contribution < 1.29 is 18.8 Å². The van der Waals surface area contributed by atoms with Crippen LogP contribution < -0.4 is 31.4 Å². The zero-order valence-corrected chi connectivity index (χ0v) is 68.5. The number of fused-ring (bicyclic) bond motifs is 3. The molecule has 0 bridgehead atoms. The topological polar surface area (TPSA) is 227 Å². The Morgan fingerprint density at radius 3 is 1.24 bits per heavy atom. The van der Waals surface area contributed by atoms with E-state index in [9.17, 15) is 28.8 Å². The van der Waals surface area contributed by atoms with Crippen LogP contribution in [0.5, 0.6) is 0 Å². The Kier molecular flexibility index (Phi) is 25.8. The van der Waals surface area contributed by atoms with Gasteiger partial charge in [0.1, 0.15) is 44.8 Å². The predicted octanol–water partition coefficient (Wildman–Crippen LogP) is 14.5. The maximum Gasteiger partial charge on any atom is 0.274 e. The Hall–Kier alpha value is -11.5. The maximum atomic E-state index is 16.1. The van der Waals surface area contributed by atoms with Gasteiger partial charge in [-0.1, -0.05) is 177 Å². The average Bonchev–Trinajstić information content (AvgIpc) is 0.728. The van der Waals surface area contributed by atoms with Crippen LogP contribution in [-0.2, 0) is 14.4 Å². The second-order valence-electron chi connectivity index (χ2n) is 29.2. The number of rotatable bonds is 15. The summed E-state index contributed by atoms with van der Waals surface area (Å²) < 4.78 is 20.6. The van der Waals surface area contributed by atoms with Gasteiger partial charge in [-0.15, -0.1) is 19.3 Å². The molecule has 0 spiro atoms. The molecule has 3 aliphatic rings. The fourth-order valence-electron chi connectivity index (χ4n) is 14.8. The maximum absolute atomic E-state index is 16.1. The third-order valence-corrected chi connectivity index (χ3v) is 21.7. The van der Waals surface area contributed by atoms with Crippen molar-refractivity contribution in [2.75, 3.05) is 93.2 Å². The van der Waals surface area contributed by atoms with Crippen LogP contribution in [-0.4, -0.2) is 160 Å². The first-order chi connectivity index (χ1) is 54.5. The Labute approximate surface area is 681 Å². The predicted molar refractivity (Wildman–Crippen MR) is 455 cm³/mol. The molecule has 0 aliphatic carbocycles. The first-order valence-electron chi connectivity index (χ1n) is 37.4. The third kappa shape index (κ3) is 16.1. The van der Waals surface area contributed by atoms with Crippen molar-refractivity contribution in [3.05, 3.63) is 225 Å². The molecule has 0 unspecified atom stereocenters. The van der Waals surface area contributed by atoms with Crippen LogP contribution in [0.3, 0.4) is 0 Å². The Morgan fingerprint density at radius 1 is 0.456 bits per heavy atom. The number of aromatic nitrogens is 10. The standard InChI is InChI=1S/C35H36FN5O2.C27H28Cl2N6O2.C25H23Cl2N5O2/c1-8-24-32(40-18-16-39(17-19-40)29(42)9-2)27-20-28(36)31(26-13-11-10-12-23(26)7)38-34(27)41(35(24)43)33-25(21(3)4)14-15-37-30(33)22(5)6;1-7-17-23(34-11-9-33(10-12-34)20(36)8-2)18-13-19(28)25(29)32-26(18)35(27(17)37)24-21(15(3)4)30-14-31-22(24)16(5)6;1-5-16-22(31-12-10-30(11-13-31)20(33)6-2)17-14-18(26)23(27)29-24(17)32(25(16)34)19-8-7-9-28-21(19)15(3)4/h1,9-15,20-22H,2,16-19H2,3-7H3;1,8,13-16H,2,9-12H2,3-6H3;1,6-9,14-15H,2,10-13H2,3-4H3. The molecule has 0 atom stereocenters. The Morgan fingerprint density at radius 2 is 0.833 bits per heavy atom. The van der Waals surface area contributed by atoms with E-state index in [-0.39, 0.29) is 90.0 Å². The summed E-state index contributed by atoms with van der Waals surface area (Å²) in [5.41, 5.74) is 8.95. The number of pyridine rings is 8. The zero-order chi connectivity index (χ0) is 82.6. The molecule has 3 fully saturated rings. The lowest BCUT2D eigenvalue weighted by molar-refractivity contribution is -0.127. The quantitative estimate of drug-likeness (QED) is 0.0528. The summed E-state index contributed by atoms with van der Waals surface area (Å²) in [6, 6.07) is 17.8. The minimum absolute atomic E-state index is 0.00957. The van der Waals surface area contributed by atoms with Gasteiger partial charge in [-0.3, -0.25) is 52.4 Å². The summed E-state index contributed by atoms with van der Waals surface area (Å²) in [6.45, 7) is 38.2. The second-order valence-corrected chi connectivity index (χ2v) is 30.7. The van der Waals surface area contributed by atoms with E-state index >= 15 is 4.39 Å². The summed E-state index contributed by atoms with van der Waals surface area (Å²) in [6.07, 6.45) is 26.8. The smallest absolute Gasteiger partial charge is 0.274 e. The number of benzene rings is 1. The van der Waals surface area contributed by atoms with E-state index in [2.05, 4.69) is 81.2 Å². The summed E-state index contributed by atoms with van der Waals surface area (Å²) >= 11 is 25.5. The number of piperazine rings is 3. The van der Waals surface area contributed by atoms with Crippen molar-refractivity contribution in [1.82, 2.24) is 63.3 Å². The molecule has 27 heteroatoms. The number of amides is 3. The lowest BCUT2D eigenvalue weighted by atomic mass is 9.96. The summed E-state index contributed by atoms with van der Waals surface area (Å²) in [7, 11) is 0. The fourth-order valence-corrected chi connectivity index (χ4v) is 15.4. The number of hydrogen-bond acceptors (Lipinski definition) is 16. The Bertz CT molecular complexity index is 5810. The van der Waals surface area contributed by atoms with Gasteiger partial charge in [-0.05, 0) is 102 Å². The minimum Gasteiger partial charge on any atom is -0.366 e. The van der Waals surface area contributed by atoms with Gasteiger partial charge in [0, 0.05) is 113 Å². The average molecular weight is 1610 g/mol. The van der Waals surface area contributed by atoms with E-state index in [4.69, 9.17) is 70.7 Å². The number of aryl methyl sites for hydroxylation is 1. The molecule has 9 aromatic heterocycles. The first kappa shape index (κ1) is 83.4. The van der Waals surface area contributed by atoms with Crippen LogP contribution in [0.1, 0.15) is 149 Å². The summed E-state index contributed by atoms with van der Waals surface area (Å²) in [4.78, 5) is 122. The number of terminal acetylenes is 3. The monoisotopic (exact) mass is 1610 g/mol. The highest BCUT2D eigenvalue weighted by Crippen LogP contribution is 2.41. The lowest BCUT2D eigenvalue weighted by Gasteiger charge is -2.37. The van der Waals surface area contributed by atoms with Gasteiger partial charge >= 0.3 is 0 Å². The van der Waals surface area contributed by atoms with Gasteiger partial charge in [0.2, 0.25) is 17.7 Å². The largest absolute Gasteiger partial charge is 0.366 e. The van der Waals surface area contributed by atoms with Crippen molar-refractivity contribution >= 4 is 114 Å². The third-order valence-electron chi connectivity index (χ3n) is 20.4. The molecule has 12 heterocycles. The molecule has 13 rings (SSSR count). The van der Waals surface area contributed by atoms with Crippen LogP contribution in [0.4, 0.5) is 21.5 Å². The van der Waals surface area contributed by atoms with Gasteiger partial charge < -0.3 is 29.4 Å². The van der Waals surface area contributed by atoms with Gasteiger partial charge in [-0.2, -0.15) is 0 Å². The highest BCUT2D eigenvalue weighted by molar-refractivity contribution is 6.42. The molecule has 22 nitrogen and oxygen atoms in total. The minimum atomic E-state index is -0.518. The van der Waals surface area contributed by atoms with E-state index in [0.717, 1.165) is 22.5 Å². The van der Waals surface area contributed by atoms with Gasteiger partial charge in [0.05, 0.1) is 66.9 Å². The highest BCUT2D eigenvalue weighted by atomic mass is 35.5. The molecule has 3 aliphatic heterocycles. The molecule has 10 aromatic rings. The van der Waals surface area contributed by atoms with Crippen LogP contribution in [0.25, 0.3) is 61.4 Å². The molecule has 0 saturated carbocycles. The molecule has 3 amide bonds. The van der Waals surface area contributed by atoms with E-state index in [1.54, 1.807) is 49.9 Å². The molecule has 3 saturated heterocycles. The molecule has 1 aromatic carbocycles. The molecule has 0 N–H and O–H groups in total. The number of anilines is 3. The van der Waals surface area contributed by atoms with Crippen molar-refractivity contribution in [3.8, 4) is 65.4 Å². The zero-order valence-electron chi connectivity index (χ0n) is 65.5. The number of hydrogen-bond donors (Lipinski definition) is 0. The normalized spacial score (nSPS) is 13.8. The summed E-state index contributed by atoms with van der Waals surface area (Å²) in [5, 5.41) is 2.25. The van der Waals surface area contributed by atoms with Crippen LogP contribution in [0.15, 0.2) is 132 Å². The van der Waals surface area contributed by atoms with Crippen LogP contribution in [0, 0.1) is 49.8 Å². The Balaban J connectivity index is 0.000000170. The molecule has 0 radical (unpaired) electrons. The van der Waals surface area contributed by atoms with Gasteiger partial charge in [-0.25, -0.2) is 29.3 Å². The van der Waals surface area contributed by atoms with Crippen molar-refractivity contribution in [1.29, 1.82) is 0 Å². The first-order valence-corrected chi connectivity index (χ1v) is 38.9. The van der Waals surface area contributed by atoms with Crippen LogP contribution in [0.2, 0.25) is 20.4 Å². The molecule has 114 heavy (non-hydrogen) atoms. The van der Waals surface area contributed by atoms with Crippen molar-refractivity contribution in [2.45, 2.75) is 106 Å². The fraction of sp³-hybridized carbons (Fsp3) is 0.322. The summed E-state index contributed by atoms with van der Waals surface area (Å²) in [5.74, 6) is 6.97. The highest BCUT2D eigenvalue weighted by Gasteiger charge is 2.35. The van der Waals surface area contributed by atoms with Gasteiger partial charge in [0.15, 0.2) is 16.9 Å². The number of carbonyl (C=O) groups excluding carboxylic acids is 3. The van der Waals surface area contributed by atoms with Crippen LogP contribution >= 0.6 is 46.4 Å². The molecular formula is C87H87Cl4FN16O6. The van der Waals surface area contributed by atoms with Gasteiger partial charge in [0.25, 0.3) is 16.7 Å². The van der Waals surface area contributed by atoms with E-state index in [0.29, 0.717) is 163 Å². The van der Waals surface area contributed by atoms with E-state index in [1.165, 1.54) is 39.8 Å². The number of nitrogens with zero attached hydrogens (tertiary/aromatic N) is 16.